The minimum absolute atomic E-state index is 0.245. The van der Waals surface area contributed by atoms with E-state index in [1.165, 1.54) is 12.0 Å². The van der Waals surface area contributed by atoms with Crippen molar-refractivity contribution in [2.24, 2.45) is 29.1 Å². The molecular weight excluding hydrogens is 276 g/mol. The molecule has 3 rings (SSSR count). The maximum Gasteiger partial charge on any atom is 0.156 e. The Hall–Kier alpha value is -1.22. The predicted molar refractivity (Wildman–Crippen MR) is 85.1 cm³/mol. The highest BCUT2D eigenvalue weighted by atomic mass is 16.3. The molecule has 6 unspecified atom stereocenters. The molecule has 0 heterocycles. The molecule has 3 aliphatic carbocycles. The Kier molecular flexibility index (Phi) is 3.67. The van der Waals surface area contributed by atoms with Gasteiger partial charge >= 0.3 is 0 Å². The molecule has 22 heavy (non-hydrogen) atoms. The monoisotopic (exact) mass is 302 g/mol. The molecule has 0 radical (unpaired) electrons. The van der Waals surface area contributed by atoms with Gasteiger partial charge in [0.1, 0.15) is 6.29 Å². The number of aldehydes is 2. The van der Waals surface area contributed by atoms with Crippen molar-refractivity contribution in [2.75, 3.05) is 0 Å². The molecule has 120 valence electrons. The van der Waals surface area contributed by atoms with Crippen LogP contribution in [0.5, 0.6) is 0 Å². The summed E-state index contributed by atoms with van der Waals surface area (Å²) in [5.41, 5.74) is -0.623. The fourth-order valence-corrected chi connectivity index (χ4v) is 5.40. The summed E-state index contributed by atoms with van der Waals surface area (Å²) in [5.74, 6) is 1.94. The highest BCUT2D eigenvalue weighted by Crippen LogP contribution is 2.61. The summed E-state index contributed by atoms with van der Waals surface area (Å²) in [4.78, 5) is 23.0. The number of hydrogen-bond donors (Lipinski definition) is 1. The van der Waals surface area contributed by atoms with Crippen LogP contribution in [0.25, 0.3) is 0 Å². The molecule has 0 saturated heterocycles. The molecule has 0 aromatic rings. The molecule has 0 aromatic carbocycles. The summed E-state index contributed by atoms with van der Waals surface area (Å²) in [6.45, 7) is 8.48. The zero-order chi connectivity index (χ0) is 16.1. The van der Waals surface area contributed by atoms with Crippen LogP contribution in [0, 0.1) is 29.1 Å². The van der Waals surface area contributed by atoms with Crippen LogP contribution in [-0.2, 0) is 9.59 Å². The van der Waals surface area contributed by atoms with Gasteiger partial charge in [0.2, 0.25) is 0 Å². The highest BCUT2D eigenvalue weighted by Gasteiger charge is 2.60. The van der Waals surface area contributed by atoms with Crippen molar-refractivity contribution >= 4 is 12.6 Å². The third-order valence-electron chi connectivity index (χ3n) is 7.03. The van der Waals surface area contributed by atoms with Crippen LogP contribution in [-0.4, -0.2) is 23.3 Å². The zero-order valence-electron chi connectivity index (χ0n) is 13.5. The number of hydrogen-bond acceptors (Lipinski definition) is 3. The first-order chi connectivity index (χ1) is 10.4. The molecule has 3 heteroatoms. The van der Waals surface area contributed by atoms with Crippen LogP contribution in [0.15, 0.2) is 23.8 Å². The van der Waals surface area contributed by atoms with E-state index < -0.39 is 11.0 Å². The van der Waals surface area contributed by atoms with E-state index in [1.54, 1.807) is 6.08 Å². The van der Waals surface area contributed by atoms with Crippen molar-refractivity contribution in [1.82, 2.24) is 0 Å². The molecule has 3 aliphatic rings. The van der Waals surface area contributed by atoms with Crippen molar-refractivity contribution in [3.63, 3.8) is 0 Å². The van der Waals surface area contributed by atoms with Gasteiger partial charge in [-0.15, -0.1) is 0 Å². The lowest BCUT2D eigenvalue weighted by molar-refractivity contribution is -0.157. The molecule has 6 atom stereocenters. The van der Waals surface area contributed by atoms with E-state index in [2.05, 4.69) is 13.5 Å². The summed E-state index contributed by atoms with van der Waals surface area (Å²) in [6, 6.07) is 0. The number of carbonyl (C=O) groups excluding carboxylic acids is 2. The van der Waals surface area contributed by atoms with Gasteiger partial charge in [-0.2, -0.15) is 0 Å². The van der Waals surface area contributed by atoms with Crippen molar-refractivity contribution in [2.45, 2.75) is 51.6 Å². The molecule has 0 bridgehead atoms. The van der Waals surface area contributed by atoms with E-state index in [1.807, 2.05) is 6.92 Å². The van der Waals surface area contributed by atoms with E-state index in [0.717, 1.165) is 25.7 Å². The average molecular weight is 302 g/mol. The number of carbonyl (C=O) groups is 2. The Balaban J connectivity index is 2.01. The van der Waals surface area contributed by atoms with E-state index in [0.29, 0.717) is 30.3 Å². The van der Waals surface area contributed by atoms with Gasteiger partial charge < -0.3 is 5.11 Å². The van der Waals surface area contributed by atoms with Crippen molar-refractivity contribution in [1.29, 1.82) is 0 Å². The summed E-state index contributed by atoms with van der Waals surface area (Å²) in [6.07, 6.45) is 7.81. The van der Waals surface area contributed by atoms with Gasteiger partial charge in [0.05, 0.1) is 0 Å². The Morgan fingerprint density at radius 2 is 2.14 bits per heavy atom. The fourth-order valence-electron chi connectivity index (χ4n) is 5.40. The van der Waals surface area contributed by atoms with Crippen LogP contribution in [0.2, 0.25) is 0 Å². The first kappa shape index (κ1) is 15.7. The van der Waals surface area contributed by atoms with Crippen LogP contribution in [0.3, 0.4) is 0 Å². The standard InChI is InChI=1S/C19H26O3/c1-12-8-14-6-7-18(3)17(16(14)9-13(12)2)5-4-15(10-20)19(18,22)11-21/h4,10-12,14,16-17,22H,2,5-9H2,1,3H3. The third kappa shape index (κ3) is 1.91. The maximum absolute atomic E-state index is 11.7. The first-order valence-corrected chi connectivity index (χ1v) is 8.39. The van der Waals surface area contributed by atoms with Gasteiger partial charge in [-0.25, -0.2) is 0 Å². The Bertz CT molecular complexity index is 549. The first-order valence-electron chi connectivity index (χ1n) is 8.39. The van der Waals surface area contributed by atoms with Crippen LogP contribution < -0.4 is 0 Å². The van der Waals surface area contributed by atoms with Gasteiger partial charge in [0, 0.05) is 11.0 Å². The Morgan fingerprint density at radius 3 is 2.77 bits per heavy atom. The van der Waals surface area contributed by atoms with Gasteiger partial charge in [-0.3, -0.25) is 9.59 Å². The predicted octanol–water partition coefficient (Wildman–Crippen LogP) is 3.08. The summed E-state index contributed by atoms with van der Waals surface area (Å²) in [5, 5.41) is 11.0. The van der Waals surface area contributed by atoms with Crippen LogP contribution in [0.1, 0.15) is 46.0 Å². The van der Waals surface area contributed by atoms with Gasteiger partial charge in [0.15, 0.2) is 11.9 Å². The van der Waals surface area contributed by atoms with E-state index in [9.17, 15) is 14.7 Å². The smallest absolute Gasteiger partial charge is 0.156 e. The lowest BCUT2D eigenvalue weighted by Crippen LogP contribution is -2.60. The Labute approximate surface area is 132 Å². The third-order valence-corrected chi connectivity index (χ3v) is 7.03. The molecule has 2 fully saturated rings. The second-order valence-electron chi connectivity index (χ2n) is 7.88. The molecule has 1 N–H and O–H groups in total. The lowest BCUT2D eigenvalue weighted by Gasteiger charge is -2.58. The minimum atomic E-state index is -1.63. The summed E-state index contributed by atoms with van der Waals surface area (Å²) < 4.78 is 0. The second kappa shape index (κ2) is 5.16. The van der Waals surface area contributed by atoms with E-state index in [-0.39, 0.29) is 11.5 Å². The van der Waals surface area contributed by atoms with Gasteiger partial charge in [0.25, 0.3) is 0 Å². The summed E-state index contributed by atoms with van der Waals surface area (Å²) in [7, 11) is 0. The molecule has 0 spiro atoms. The van der Waals surface area contributed by atoms with Crippen LogP contribution in [0.4, 0.5) is 0 Å². The minimum Gasteiger partial charge on any atom is -0.377 e. The fraction of sp³-hybridized carbons (Fsp3) is 0.684. The number of allylic oxidation sites excluding steroid dienone is 2. The SMILES string of the molecule is C=C1CC2C(CCC3(C)C2CC=C(C=O)C3(O)C=O)CC1C. The molecule has 0 amide bonds. The molecular formula is C19H26O3. The normalized spacial score (nSPS) is 48.0. The maximum atomic E-state index is 11.7. The second-order valence-corrected chi connectivity index (χ2v) is 7.88. The summed E-state index contributed by atoms with van der Waals surface area (Å²) >= 11 is 0. The molecule has 3 nitrogen and oxygen atoms in total. The van der Waals surface area contributed by atoms with Gasteiger partial charge in [-0.1, -0.05) is 32.1 Å². The number of fused-ring (bicyclic) bond motifs is 3. The van der Waals surface area contributed by atoms with Crippen molar-refractivity contribution in [3.8, 4) is 0 Å². The number of rotatable bonds is 2. The topological polar surface area (TPSA) is 54.4 Å². The van der Waals surface area contributed by atoms with E-state index >= 15 is 0 Å². The zero-order valence-corrected chi connectivity index (χ0v) is 13.5. The van der Waals surface area contributed by atoms with E-state index in [4.69, 9.17) is 0 Å². The largest absolute Gasteiger partial charge is 0.377 e. The molecule has 0 aromatic heterocycles. The molecule has 0 aliphatic heterocycles. The van der Waals surface area contributed by atoms with Crippen molar-refractivity contribution < 1.29 is 14.7 Å². The Morgan fingerprint density at radius 1 is 1.41 bits per heavy atom. The van der Waals surface area contributed by atoms with Crippen LogP contribution >= 0.6 is 0 Å². The average Bonchev–Trinajstić information content (AvgIpc) is 2.50. The molecule has 2 saturated carbocycles. The quantitative estimate of drug-likeness (QED) is 0.630. The number of aliphatic hydroxyl groups is 1. The lowest BCUT2D eigenvalue weighted by atomic mass is 9.46. The highest BCUT2D eigenvalue weighted by molar-refractivity contribution is 5.88. The van der Waals surface area contributed by atoms with Crippen molar-refractivity contribution in [3.05, 3.63) is 23.8 Å². The van der Waals surface area contributed by atoms with Gasteiger partial charge in [-0.05, 0) is 55.8 Å².